The number of nitrogens with zero attached hydrogens (tertiary/aromatic N) is 2. The van der Waals surface area contributed by atoms with Gasteiger partial charge in [-0.3, -0.25) is 9.59 Å². The zero-order valence-corrected chi connectivity index (χ0v) is 18.4. The first-order valence-corrected chi connectivity index (χ1v) is 10.8. The van der Waals surface area contributed by atoms with Crippen molar-refractivity contribution in [2.45, 2.75) is 40.5 Å². The molecule has 4 rings (SSSR count). The molecular formula is C24H31N3O3. The number of furan rings is 1. The van der Waals surface area contributed by atoms with Gasteiger partial charge in [-0.25, -0.2) is 0 Å². The molecule has 1 N–H and O–H groups in total. The second-order valence-electron chi connectivity index (χ2n) is 9.22. The predicted molar refractivity (Wildman–Crippen MR) is 119 cm³/mol. The summed E-state index contributed by atoms with van der Waals surface area (Å²) in [7, 11) is 0. The van der Waals surface area contributed by atoms with Gasteiger partial charge < -0.3 is 19.5 Å². The minimum Gasteiger partial charge on any atom is -0.455 e. The lowest BCUT2D eigenvalue weighted by Gasteiger charge is -2.35. The Hall–Kier alpha value is -2.60. The van der Waals surface area contributed by atoms with E-state index in [4.69, 9.17) is 4.42 Å². The molecule has 0 spiro atoms. The second kappa shape index (κ2) is 7.91. The fourth-order valence-electron chi connectivity index (χ4n) is 4.57. The maximum atomic E-state index is 12.8. The average molecular weight is 410 g/mol. The van der Waals surface area contributed by atoms with Crippen LogP contribution in [0.5, 0.6) is 0 Å². The summed E-state index contributed by atoms with van der Waals surface area (Å²) < 4.78 is 5.87. The second-order valence-corrected chi connectivity index (χ2v) is 9.22. The number of fused-ring (bicyclic) bond motifs is 1. The number of hydrogen-bond acceptors (Lipinski definition) is 5. The number of carbonyl (C=O) groups is 2. The summed E-state index contributed by atoms with van der Waals surface area (Å²) >= 11 is 0. The molecule has 0 atom stereocenters. The maximum absolute atomic E-state index is 12.8. The molecule has 1 fully saturated rings. The van der Waals surface area contributed by atoms with Gasteiger partial charge in [0, 0.05) is 56.0 Å². The molecule has 0 bridgehead atoms. The number of Topliss-reactive ketones (excluding diaryl/α,β-unsaturated/α-hetero) is 1. The Bertz CT molecular complexity index is 951. The number of anilines is 2. The maximum Gasteiger partial charge on any atom is 0.291 e. The minimum atomic E-state index is -0.309. The molecule has 1 amide bonds. The molecule has 0 saturated carbocycles. The van der Waals surface area contributed by atoms with Gasteiger partial charge in [0.2, 0.25) is 0 Å². The summed E-state index contributed by atoms with van der Waals surface area (Å²) in [5.41, 5.74) is 2.99. The van der Waals surface area contributed by atoms with Crippen LogP contribution < -0.4 is 10.2 Å². The number of nitrogens with one attached hydrogen (secondary N) is 1. The highest BCUT2D eigenvalue weighted by Crippen LogP contribution is 2.38. The number of rotatable bonds is 4. The van der Waals surface area contributed by atoms with Crippen molar-refractivity contribution in [1.82, 2.24) is 4.90 Å². The number of piperazine rings is 1. The largest absolute Gasteiger partial charge is 0.455 e. The van der Waals surface area contributed by atoms with Crippen molar-refractivity contribution in [3.05, 3.63) is 46.9 Å². The number of ketones is 1. The monoisotopic (exact) mass is 409 g/mol. The van der Waals surface area contributed by atoms with Crippen LogP contribution >= 0.6 is 0 Å². The summed E-state index contributed by atoms with van der Waals surface area (Å²) in [6.07, 6.45) is 1.15. The molecule has 1 saturated heterocycles. The molecule has 2 aromatic rings. The molecule has 1 aliphatic heterocycles. The third-order valence-electron chi connectivity index (χ3n) is 6.29. The number of hydrogen-bond donors (Lipinski definition) is 1. The van der Waals surface area contributed by atoms with Crippen molar-refractivity contribution in [3.8, 4) is 0 Å². The molecule has 6 heteroatoms. The Morgan fingerprint density at radius 1 is 1.10 bits per heavy atom. The molecular weight excluding hydrogens is 378 g/mol. The van der Waals surface area contributed by atoms with E-state index in [2.05, 4.69) is 35.9 Å². The van der Waals surface area contributed by atoms with Crippen molar-refractivity contribution in [3.63, 3.8) is 0 Å². The molecule has 160 valence electrons. The van der Waals surface area contributed by atoms with Crippen molar-refractivity contribution >= 4 is 23.1 Å². The van der Waals surface area contributed by atoms with Crippen molar-refractivity contribution in [1.29, 1.82) is 0 Å². The summed E-state index contributed by atoms with van der Waals surface area (Å²) in [6, 6.07) is 7.93. The van der Waals surface area contributed by atoms with E-state index < -0.39 is 0 Å². The lowest BCUT2D eigenvalue weighted by atomic mass is 9.76. The van der Waals surface area contributed by atoms with Gasteiger partial charge >= 0.3 is 0 Å². The molecule has 0 radical (unpaired) electrons. The molecule has 2 aliphatic rings. The molecule has 1 aromatic heterocycles. The van der Waals surface area contributed by atoms with Crippen LogP contribution in [-0.4, -0.2) is 49.3 Å². The number of benzene rings is 1. The Kier molecular flexibility index (Phi) is 5.45. The molecule has 30 heavy (non-hydrogen) atoms. The van der Waals surface area contributed by atoms with Crippen LogP contribution in [0.25, 0.3) is 0 Å². The average Bonchev–Trinajstić information content (AvgIpc) is 3.04. The van der Waals surface area contributed by atoms with Crippen molar-refractivity contribution in [2.24, 2.45) is 5.41 Å². The van der Waals surface area contributed by atoms with Gasteiger partial charge in [0.05, 0.1) is 5.56 Å². The fraction of sp³-hybridized carbons (Fsp3) is 0.500. The molecule has 0 unspecified atom stereocenters. The Balaban J connectivity index is 1.46. The molecule has 2 heterocycles. The Morgan fingerprint density at radius 2 is 1.77 bits per heavy atom. The standard InChI is InChI=1S/C24H31N3O3/c1-5-26-10-12-27(13-11-26)18-8-6-17(7-9-18)25-23(29)22-16(2)21-19(28)14-24(3,4)15-20(21)30-22/h6-9H,5,10-15H2,1-4H3,(H,25,29). The Morgan fingerprint density at radius 3 is 2.40 bits per heavy atom. The first kappa shape index (κ1) is 20.7. The predicted octanol–water partition coefficient (Wildman–Crippen LogP) is 4.14. The number of carbonyl (C=O) groups excluding carboxylic acids is 2. The van der Waals surface area contributed by atoms with Gasteiger partial charge in [-0.2, -0.15) is 0 Å². The van der Waals surface area contributed by atoms with E-state index in [0.29, 0.717) is 29.7 Å². The van der Waals surface area contributed by atoms with Crippen LogP contribution in [0.1, 0.15) is 59.4 Å². The molecule has 1 aliphatic carbocycles. The van der Waals surface area contributed by atoms with Crippen LogP contribution in [0.3, 0.4) is 0 Å². The summed E-state index contributed by atoms with van der Waals surface area (Å²) in [4.78, 5) is 30.2. The molecule has 1 aromatic carbocycles. The normalized spacial score (nSPS) is 18.9. The van der Waals surface area contributed by atoms with E-state index >= 15 is 0 Å². The third kappa shape index (κ3) is 4.01. The third-order valence-corrected chi connectivity index (χ3v) is 6.29. The van der Waals surface area contributed by atoms with E-state index in [1.165, 1.54) is 5.69 Å². The highest BCUT2D eigenvalue weighted by atomic mass is 16.4. The van der Waals surface area contributed by atoms with Gasteiger partial charge in [0.15, 0.2) is 11.5 Å². The van der Waals surface area contributed by atoms with Crippen molar-refractivity contribution in [2.75, 3.05) is 42.9 Å². The van der Waals surface area contributed by atoms with Gasteiger partial charge in [-0.05, 0) is 43.1 Å². The van der Waals surface area contributed by atoms with Gasteiger partial charge in [-0.1, -0.05) is 20.8 Å². The van der Waals surface area contributed by atoms with Crippen LogP contribution in [0.4, 0.5) is 11.4 Å². The van der Waals surface area contributed by atoms with Gasteiger partial charge in [0.1, 0.15) is 5.76 Å². The van der Waals surface area contributed by atoms with E-state index in [9.17, 15) is 9.59 Å². The Labute approximate surface area is 178 Å². The van der Waals surface area contributed by atoms with E-state index in [-0.39, 0.29) is 22.9 Å². The zero-order valence-electron chi connectivity index (χ0n) is 18.4. The first-order valence-electron chi connectivity index (χ1n) is 10.8. The van der Waals surface area contributed by atoms with E-state index in [1.54, 1.807) is 6.92 Å². The SMILES string of the molecule is CCN1CCN(c2ccc(NC(=O)c3oc4c(c3C)C(=O)CC(C)(C)C4)cc2)CC1. The highest BCUT2D eigenvalue weighted by Gasteiger charge is 2.37. The molecule has 6 nitrogen and oxygen atoms in total. The fourth-order valence-corrected chi connectivity index (χ4v) is 4.57. The van der Waals surface area contributed by atoms with Crippen LogP contribution in [-0.2, 0) is 6.42 Å². The quantitative estimate of drug-likeness (QED) is 0.822. The van der Waals surface area contributed by atoms with E-state index in [0.717, 1.165) is 38.4 Å². The van der Waals surface area contributed by atoms with Gasteiger partial charge in [-0.15, -0.1) is 0 Å². The number of amides is 1. The van der Waals surface area contributed by atoms with E-state index in [1.807, 2.05) is 24.3 Å². The van der Waals surface area contributed by atoms with Gasteiger partial charge in [0.25, 0.3) is 5.91 Å². The smallest absolute Gasteiger partial charge is 0.291 e. The van der Waals surface area contributed by atoms with Crippen molar-refractivity contribution < 1.29 is 14.0 Å². The summed E-state index contributed by atoms with van der Waals surface area (Å²) in [6.45, 7) is 13.4. The number of likely N-dealkylation sites (N-methyl/N-ethyl adjacent to an activating group) is 1. The highest BCUT2D eigenvalue weighted by molar-refractivity contribution is 6.07. The van der Waals surface area contributed by atoms with Crippen LogP contribution in [0.2, 0.25) is 0 Å². The van der Waals surface area contributed by atoms with Crippen LogP contribution in [0, 0.1) is 12.3 Å². The lowest BCUT2D eigenvalue weighted by molar-refractivity contribution is 0.0898. The first-order chi connectivity index (χ1) is 14.3. The zero-order chi connectivity index (χ0) is 21.5. The summed E-state index contributed by atoms with van der Waals surface area (Å²) in [5, 5.41) is 2.92. The topological polar surface area (TPSA) is 65.8 Å². The van der Waals surface area contributed by atoms with Crippen LogP contribution in [0.15, 0.2) is 28.7 Å². The summed E-state index contributed by atoms with van der Waals surface area (Å²) in [5.74, 6) is 0.636. The lowest BCUT2D eigenvalue weighted by Crippen LogP contribution is -2.46. The minimum absolute atomic E-state index is 0.0640.